The Morgan fingerprint density at radius 2 is 2.25 bits per heavy atom. The van der Waals surface area contributed by atoms with Gasteiger partial charge in [-0.3, -0.25) is 4.79 Å². The molecule has 2 aliphatic heterocycles. The summed E-state index contributed by atoms with van der Waals surface area (Å²) in [7, 11) is 0. The Morgan fingerprint density at radius 3 is 2.67 bits per heavy atom. The predicted molar refractivity (Wildman–Crippen MR) is 42.7 cm³/mol. The fourth-order valence-corrected chi connectivity index (χ4v) is 2.12. The number of carbonyl (C=O) groups excluding carboxylic acids is 1. The zero-order chi connectivity index (χ0) is 8.60. The van der Waals surface area contributed by atoms with E-state index in [1.54, 1.807) is 0 Å². The van der Waals surface area contributed by atoms with Gasteiger partial charge in [-0.1, -0.05) is 0 Å². The Labute approximate surface area is 72.0 Å². The van der Waals surface area contributed by atoms with Crippen molar-refractivity contribution in [1.82, 2.24) is 0 Å². The van der Waals surface area contributed by atoms with E-state index in [-0.39, 0.29) is 11.6 Å². The summed E-state index contributed by atoms with van der Waals surface area (Å²) in [5.74, 6) is -0.205. The van der Waals surface area contributed by atoms with Crippen molar-refractivity contribution in [2.24, 2.45) is 0 Å². The molecule has 2 rings (SSSR count). The highest BCUT2D eigenvalue weighted by Crippen LogP contribution is 2.43. The number of hydrogen-bond donors (Lipinski definition) is 0. The van der Waals surface area contributed by atoms with Gasteiger partial charge in [0.25, 0.3) is 0 Å². The molecule has 2 aliphatic rings. The molecule has 2 saturated heterocycles. The van der Waals surface area contributed by atoms with Gasteiger partial charge in [-0.25, -0.2) is 0 Å². The SMILES string of the molecule is CC(=O)OCC12CCC(CC1)O2. The molecule has 2 fully saturated rings. The normalized spacial score (nSPS) is 38.6. The van der Waals surface area contributed by atoms with Crippen molar-refractivity contribution in [1.29, 1.82) is 0 Å². The minimum atomic E-state index is -0.205. The second-order valence-corrected chi connectivity index (χ2v) is 3.78. The second-order valence-electron chi connectivity index (χ2n) is 3.78. The van der Waals surface area contributed by atoms with Crippen LogP contribution < -0.4 is 0 Å². The van der Waals surface area contributed by atoms with Crippen molar-refractivity contribution in [3.63, 3.8) is 0 Å². The lowest BCUT2D eigenvalue weighted by Crippen LogP contribution is -2.31. The summed E-state index contributed by atoms with van der Waals surface area (Å²) in [6, 6.07) is 0. The Balaban J connectivity index is 1.90. The van der Waals surface area contributed by atoms with Gasteiger partial charge in [0.2, 0.25) is 0 Å². The maximum absolute atomic E-state index is 10.6. The molecule has 0 aromatic carbocycles. The number of rotatable bonds is 2. The van der Waals surface area contributed by atoms with Crippen LogP contribution in [0.4, 0.5) is 0 Å². The third-order valence-electron chi connectivity index (χ3n) is 2.80. The molecule has 0 N–H and O–H groups in total. The lowest BCUT2D eigenvalue weighted by atomic mass is 9.89. The minimum absolute atomic E-state index is 0.101. The second kappa shape index (κ2) is 2.73. The van der Waals surface area contributed by atoms with Gasteiger partial charge in [-0.05, 0) is 25.7 Å². The monoisotopic (exact) mass is 170 g/mol. The molecule has 2 heterocycles. The van der Waals surface area contributed by atoms with E-state index in [1.165, 1.54) is 6.92 Å². The summed E-state index contributed by atoms with van der Waals surface area (Å²) >= 11 is 0. The first-order chi connectivity index (χ1) is 5.70. The molecule has 0 aromatic rings. The molecular formula is C9H14O3. The first-order valence-electron chi connectivity index (χ1n) is 4.51. The van der Waals surface area contributed by atoms with Gasteiger partial charge < -0.3 is 9.47 Å². The first-order valence-corrected chi connectivity index (χ1v) is 4.51. The Kier molecular flexibility index (Phi) is 1.83. The van der Waals surface area contributed by atoms with E-state index in [0.29, 0.717) is 12.7 Å². The van der Waals surface area contributed by atoms with Crippen LogP contribution in [-0.4, -0.2) is 24.3 Å². The van der Waals surface area contributed by atoms with Crippen LogP contribution in [0.15, 0.2) is 0 Å². The molecule has 0 aromatic heterocycles. The number of esters is 1. The standard InChI is InChI=1S/C9H14O3/c1-7(10)11-6-9-4-2-8(12-9)3-5-9/h8H,2-6H2,1H3. The lowest BCUT2D eigenvalue weighted by Gasteiger charge is -2.23. The topological polar surface area (TPSA) is 35.5 Å². The molecule has 0 unspecified atom stereocenters. The molecule has 0 atom stereocenters. The Morgan fingerprint density at radius 1 is 1.58 bits per heavy atom. The van der Waals surface area contributed by atoms with Gasteiger partial charge in [0.1, 0.15) is 12.2 Å². The summed E-state index contributed by atoms with van der Waals surface area (Å²) in [5.41, 5.74) is -0.101. The van der Waals surface area contributed by atoms with E-state index in [1.807, 2.05) is 0 Å². The highest BCUT2D eigenvalue weighted by Gasteiger charge is 2.46. The molecule has 0 spiro atoms. The van der Waals surface area contributed by atoms with E-state index in [4.69, 9.17) is 9.47 Å². The maximum Gasteiger partial charge on any atom is 0.302 e. The number of fused-ring (bicyclic) bond motifs is 2. The summed E-state index contributed by atoms with van der Waals surface area (Å²) < 4.78 is 10.7. The van der Waals surface area contributed by atoms with Crippen LogP contribution in [-0.2, 0) is 14.3 Å². The van der Waals surface area contributed by atoms with Gasteiger partial charge >= 0.3 is 5.97 Å². The van der Waals surface area contributed by atoms with Crippen LogP contribution in [0.25, 0.3) is 0 Å². The van der Waals surface area contributed by atoms with Crippen molar-refractivity contribution >= 4 is 5.97 Å². The highest BCUT2D eigenvalue weighted by atomic mass is 16.6. The Bertz CT molecular complexity index is 192. The van der Waals surface area contributed by atoms with Crippen LogP contribution in [0, 0.1) is 0 Å². The van der Waals surface area contributed by atoms with E-state index >= 15 is 0 Å². The van der Waals surface area contributed by atoms with Crippen molar-refractivity contribution < 1.29 is 14.3 Å². The average molecular weight is 170 g/mol. The number of hydrogen-bond acceptors (Lipinski definition) is 3. The van der Waals surface area contributed by atoms with Gasteiger partial charge in [0, 0.05) is 6.92 Å². The maximum atomic E-state index is 10.6. The van der Waals surface area contributed by atoms with Gasteiger partial charge in [0.15, 0.2) is 0 Å². The van der Waals surface area contributed by atoms with E-state index in [0.717, 1.165) is 25.7 Å². The third-order valence-corrected chi connectivity index (χ3v) is 2.80. The van der Waals surface area contributed by atoms with Crippen LogP contribution in [0.3, 0.4) is 0 Å². The third kappa shape index (κ3) is 1.33. The quantitative estimate of drug-likeness (QED) is 0.585. The van der Waals surface area contributed by atoms with E-state index in [9.17, 15) is 4.79 Å². The van der Waals surface area contributed by atoms with Gasteiger partial charge in [-0.2, -0.15) is 0 Å². The summed E-state index contributed by atoms with van der Waals surface area (Å²) in [5, 5.41) is 0. The molecule has 12 heavy (non-hydrogen) atoms. The van der Waals surface area contributed by atoms with Crippen LogP contribution >= 0.6 is 0 Å². The molecule has 3 nitrogen and oxygen atoms in total. The van der Waals surface area contributed by atoms with Crippen molar-refractivity contribution in [2.45, 2.75) is 44.3 Å². The molecule has 0 radical (unpaired) electrons. The molecular weight excluding hydrogens is 156 g/mol. The van der Waals surface area contributed by atoms with E-state index in [2.05, 4.69) is 0 Å². The zero-order valence-corrected chi connectivity index (χ0v) is 7.34. The van der Waals surface area contributed by atoms with Crippen LogP contribution in [0.1, 0.15) is 32.6 Å². The number of carbonyl (C=O) groups is 1. The fourth-order valence-electron chi connectivity index (χ4n) is 2.12. The minimum Gasteiger partial charge on any atom is -0.463 e. The predicted octanol–water partition coefficient (Wildman–Crippen LogP) is 1.26. The summed E-state index contributed by atoms with van der Waals surface area (Å²) in [4.78, 5) is 10.6. The molecule has 68 valence electrons. The number of ether oxygens (including phenoxy) is 2. The molecule has 0 saturated carbocycles. The molecule has 3 heteroatoms. The lowest BCUT2D eigenvalue weighted by molar-refractivity contribution is -0.148. The molecule has 0 aliphatic carbocycles. The van der Waals surface area contributed by atoms with Gasteiger partial charge in [0.05, 0.1) is 6.10 Å². The van der Waals surface area contributed by atoms with E-state index < -0.39 is 0 Å². The zero-order valence-electron chi connectivity index (χ0n) is 7.34. The first kappa shape index (κ1) is 8.05. The van der Waals surface area contributed by atoms with Crippen molar-refractivity contribution in [2.75, 3.05) is 6.61 Å². The highest BCUT2D eigenvalue weighted by molar-refractivity contribution is 5.65. The Hall–Kier alpha value is -0.570. The van der Waals surface area contributed by atoms with Gasteiger partial charge in [-0.15, -0.1) is 0 Å². The van der Waals surface area contributed by atoms with Crippen LogP contribution in [0.5, 0.6) is 0 Å². The summed E-state index contributed by atoms with van der Waals surface area (Å²) in [6.45, 7) is 1.90. The van der Waals surface area contributed by atoms with Crippen molar-refractivity contribution in [3.8, 4) is 0 Å². The smallest absolute Gasteiger partial charge is 0.302 e. The average Bonchev–Trinajstić information content (AvgIpc) is 2.60. The molecule has 2 bridgehead atoms. The molecule has 0 amide bonds. The van der Waals surface area contributed by atoms with Crippen LogP contribution in [0.2, 0.25) is 0 Å². The largest absolute Gasteiger partial charge is 0.463 e. The summed E-state index contributed by atoms with van der Waals surface area (Å²) in [6.07, 6.45) is 4.85. The van der Waals surface area contributed by atoms with Crippen molar-refractivity contribution in [3.05, 3.63) is 0 Å². The fraction of sp³-hybridized carbons (Fsp3) is 0.889.